The minimum absolute atomic E-state index is 0.00447. The van der Waals surface area contributed by atoms with Gasteiger partial charge in [-0.25, -0.2) is 4.98 Å². The van der Waals surface area contributed by atoms with Crippen molar-refractivity contribution in [2.75, 3.05) is 64.5 Å². The summed E-state index contributed by atoms with van der Waals surface area (Å²) in [4.78, 5) is 34.9. The molecule has 0 N–H and O–H groups in total. The maximum Gasteiger partial charge on any atom is 0.242 e. The van der Waals surface area contributed by atoms with Crippen LogP contribution in [-0.2, 0) is 14.3 Å². The lowest BCUT2D eigenvalue weighted by Crippen LogP contribution is -2.47. The van der Waals surface area contributed by atoms with Crippen molar-refractivity contribution < 1.29 is 23.5 Å². The summed E-state index contributed by atoms with van der Waals surface area (Å²) in [6, 6.07) is 5.89. The monoisotopic (exact) mass is 428 g/mol. The number of amides is 2. The lowest BCUT2D eigenvalue weighted by atomic mass is 10.1. The van der Waals surface area contributed by atoms with E-state index in [1.807, 2.05) is 18.2 Å². The number of hydrogen-bond donors (Lipinski definition) is 0. The van der Waals surface area contributed by atoms with E-state index in [2.05, 4.69) is 9.88 Å². The Morgan fingerprint density at radius 2 is 1.97 bits per heavy atom. The molecule has 166 valence electrons. The summed E-state index contributed by atoms with van der Waals surface area (Å²) in [5, 5.41) is 0. The van der Waals surface area contributed by atoms with E-state index in [0.717, 1.165) is 11.3 Å². The van der Waals surface area contributed by atoms with Crippen molar-refractivity contribution in [1.29, 1.82) is 0 Å². The fourth-order valence-corrected chi connectivity index (χ4v) is 3.93. The molecule has 4 rings (SSSR count). The smallest absolute Gasteiger partial charge is 0.242 e. The summed E-state index contributed by atoms with van der Waals surface area (Å²) in [5.41, 5.74) is 1.79. The van der Waals surface area contributed by atoms with E-state index in [1.54, 1.807) is 30.0 Å². The van der Waals surface area contributed by atoms with Crippen LogP contribution in [0.3, 0.4) is 0 Å². The van der Waals surface area contributed by atoms with Gasteiger partial charge in [0.15, 0.2) is 11.7 Å². The largest absolute Gasteiger partial charge is 0.496 e. The van der Waals surface area contributed by atoms with Crippen molar-refractivity contribution in [1.82, 2.24) is 14.8 Å². The highest BCUT2D eigenvalue weighted by Crippen LogP contribution is 2.34. The van der Waals surface area contributed by atoms with Crippen LogP contribution >= 0.6 is 0 Å². The van der Waals surface area contributed by atoms with Gasteiger partial charge < -0.3 is 28.6 Å². The van der Waals surface area contributed by atoms with Crippen LogP contribution in [0.5, 0.6) is 5.75 Å². The Morgan fingerprint density at radius 3 is 2.68 bits per heavy atom. The van der Waals surface area contributed by atoms with Crippen LogP contribution in [-0.4, -0.2) is 86.2 Å². The maximum absolute atomic E-state index is 12.6. The predicted molar refractivity (Wildman–Crippen MR) is 114 cm³/mol. The number of morpholine rings is 1. The summed E-state index contributed by atoms with van der Waals surface area (Å²) in [6.07, 6.45) is 2.04. The fraction of sp³-hybridized carbons (Fsp3) is 0.500. The lowest BCUT2D eigenvalue weighted by molar-refractivity contribution is -0.142. The van der Waals surface area contributed by atoms with Gasteiger partial charge in [-0.15, -0.1) is 0 Å². The summed E-state index contributed by atoms with van der Waals surface area (Å²) < 4.78 is 16.5. The zero-order valence-electron chi connectivity index (χ0n) is 18.0. The molecule has 0 bridgehead atoms. The average Bonchev–Trinajstić information content (AvgIpc) is 3.15. The topological polar surface area (TPSA) is 88.4 Å². The Hall–Kier alpha value is -3.07. The Kier molecular flexibility index (Phi) is 6.41. The zero-order chi connectivity index (χ0) is 21.8. The Bertz CT molecular complexity index is 938. The standard InChI is InChI=1S/C22H28N4O5/c1-16-23-14-20(31-16)18-4-3-17(13-19(18)29-2)24-6-5-21(27)26(8-7-24)15-22(28)25-9-11-30-12-10-25/h3-4,13-14H,5-12,15H2,1-2H3. The molecule has 9 nitrogen and oxygen atoms in total. The van der Waals surface area contributed by atoms with Crippen molar-refractivity contribution in [3.63, 3.8) is 0 Å². The molecule has 0 atom stereocenters. The van der Waals surface area contributed by atoms with Crippen LogP contribution < -0.4 is 9.64 Å². The summed E-state index contributed by atoms with van der Waals surface area (Å²) in [5.74, 6) is 1.92. The van der Waals surface area contributed by atoms with Gasteiger partial charge in [0.2, 0.25) is 11.8 Å². The third-order valence-electron chi connectivity index (χ3n) is 5.72. The molecule has 2 aliphatic rings. The number of anilines is 1. The molecule has 2 saturated heterocycles. The van der Waals surface area contributed by atoms with Crippen LogP contribution in [0, 0.1) is 6.92 Å². The van der Waals surface area contributed by atoms with E-state index in [4.69, 9.17) is 13.9 Å². The molecule has 0 unspecified atom stereocenters. The van der Waals surface area contributed by atoms with Crippen molar-refractivity contribution in [2.24, 2.45) is 0 Å². The van der Waals surface area contributed by atoms with E-state index in [0.29, 0.717) is 69.8 Å². The average molecular weight is 428 g/mol. The number of benzene rings is 1. The van der Waals surface area contributed by atoms with Gasteiger partial charge in [0.05, 0.1) is 38.6 Å². The molecule has 3 heterocycles. The number of carbonyl (C=O) groups is 2. The summed E-state index contributed by atoms with van der Waals surface area (Å²) >= 11 is 0. The van der Waals surface area contributed by atoms with Crippen molar-refractivity contribution in [3.05, 3.63) is 30.3 Å². The third kappa shape index (κ3) is 4.82. The van der Waals surface area contributed by atoms with E-state index < -0.39 is 0 Å². The quantitative estimate of drug-likeness (QED) is 0.714. The second-order valence-corrected chi connectivity index (χ2v) is 7.67. The molecular weight excluding hydrogens is 400 g/mol. The van der Waals surface area contributed by atoms with E-state index in [1.165, 1.54) is 0 Å². The van der Waals surface area contributed by atoms with E-state index in [9.17, 15) is 9.59 Å². The number of oxazole rings is 1. The van der Waals surface area contributed by atoms with Gasteiger partial charge in [0, 0.05) is 57.8 Å². The van der Waals surface area contributed by atoms with Crippen LogP contribution in [0.1, 0.15) is 12.3 Å². The van der Waals surface area contributed by atoms with E-state index in [-0.39, 0.29) is 18.4 Å². The highest BCUT2D eigenvalue weighted by Gasteiger charge is 2.26. The van der Waals surface area contributed by atoms with Crippen LogP contribution in [0.2, 0.25) is 0 Å². The fourth-order valence-electron chi connectivity index (χ4n) is 3.93. The predicted octanol–water partition coefficient (Wildman–Crippen LogP) is 1.56. The number of aryl methyl sites for hydroxylation is 1. The molecule has 31 heavy (non-hydrogen) atoms. The number of nitrogens with zero attached hydrogens (tertiary/aromatic N) is 4. The first-order valence-corrected chi connectivity index (χ1v) is 10.5. The van der Waals surface area contributed by atoms with E-state index >= 15 is 0 Å². The summed E-state index contributed by atoms with van der Waals surface area (Å²) in [6.45, 7) is 5.94. The summed E-state index contributed by atoms with van der Waals surface area (Å²) in [7, 11) is 1.62. The van der Waals surface area contributed by atoms with Gasteiger partial charge >= 0.3 is 0 Å². The van der Waals surface area contributed by atoms with Gasteiger partial charge in [-0.3, -0.25) is 9.59 Å². The molecule has 1 aromatic carbocycles. The first kappa shape index (κ1) is 21.2. The molecule has 2 amide bonds. The van der Waals surface area contributed by atoms with Crippen molar-refractivity contribution in [3.8, 4) is 17.1 Å². The SMILES string of the molecule is COc1cc(N2CCC(=O)N(CC(=O)N3CCOCC3)CC2)ccc1-c1cnc(C)o1. The Labute approximate surface area is 181 Å². The lowest BCUT2D eigenvalue weighted by Gasteiger charge is -2.29. The number of hydrogen-bond acceptors (Lipinski definition) is 7. The van der Waals surface area contributed by atoms with Gasteiger partial charge in [-0.05, 0) is 12.1 Å². The normalized spacial score (nSPS) is 17.6. The molecule has 2 aromatic rings. The number of aromatic nitrogens is 1. The molecule has 0 saturated carbocycles. The number of rotatable bonds is 5. The molecule has 2 fully saturated rings. The minimum Gasteiger partial charge on any atom is -0.496 e. The van der Waals surface area contributed by atoms with Crippen molar-refractivity contribution in [2.45, 2.75) is 13.3 Å². The molecular formula is C22H28N4O5. The minimum atomic E-state index is -0.0153. The Morgan fingerprint density at radius 1 is 1.16 bits per heavy atom. The first-order valence-electron chi connectivity index (χ1n) is 10.5. The molecule has 2 aliphatic heterocycles. The van der Waals surface area contributed by atoms with Gasteiger partial charge in [-0.1, -0.05) is 0 Å². The third-order valence-corrected chi connectivity index (χ3v) is 5.72. The first-order chi connectivity index (χ1) is 15.0. The molecule has 0 spiro atoms. The van der Waals surface area contributed by atoms with Crippen molar-refractivity contribution >= 4 is 17.5 Å². The highest BCUT2D eigenvalue weighted by atomic mass is 16.5. The molecule has 1 aromatic heterocycles. The molecule has 0 radical (unpaired) electrons. The van der Waals surface area contributed by atoms with Crippen LogP contribution in [0.25, 0.3) is 11.3 Å². The molecule has 9 heteroatoms. The van der Waals surface area contributed by atoms with Gasteiger partial charge in [0.25, 0.3) is 0 Å². The second-order valence-electron chi connectivity index (χ2n) is 7.67. The second kappa shape index (κ2) is 9.38. The van der Waals surface area contributed by atoms with Gasteiger partial charge in [-0.2, -0.15) is 0 Å². The number of ether oxygens (including phenoxy) is 2. The maximum atomic E-state index is 12.6. The Balaban J connectivity index is 1.44. The van der Waals surface area contributed by atoms with Crippen LogP contribution in [0.4, 0.5) is 5.69 Å². The highest BCUT2D eigenvalue weighted by molar-refractivity contribution is 5.85. The molecule has 0 aliphatic carbocycles. The number of carbonyl (C=O) groups excluding carboxylic acids is 2. The van der Waals surface area contributed by atoms with Gasteiger partial charge in [0.1, 0.15) is 5.75 Å². The number of methoxy groups -OCH3 is 1. The zero-order valence-corrected chi connectivity index (χ0v) is 18.0. The van der Waals surface area contributed by atoms with Crippen LogP contribution in [0.15, 0.2) is 28.8 Å².